The van der Waals surface area contributed by atoms with Gasteiger partial charge in [-0.3, -0.25) is 4.21 Å². The normalized spacial score (nSPS) is 12.5. The van der Waals surface area contributed by atoms with Gasteiger partial charge in [-0.05, 0) is 56.1 Å². The van der Waals surface area contributed by atoms with Crippen molar-refractivity contribution in [2.24, 2.45) is 0 Å². The lowest BCUT2D eigenvalue weighted by atomic mass is 10.2. The summed E-state index contributed by atoms with van der Waals surface area (Å²) in [6.07, 6.45) is 1.10. The molecule has 0 bridgehead atoms. The summed E-state index contributed by atoms with van der Waals surface area (Å²) < 4.78 is 18.2. The van der Waals surface area contributed by atoms with Gasteiger partial charge in [-0.2, -0.15) is 0 Å². The van der Waals surface area contributed by atoms with Gasteiger partial charge in [-0.1, -0.05) is 19.1 Å². The van der Waals surface area contributed by atoms with Crippen LogP contribution in [0.4, 0.5) is 0 Å². The first kappa shape index (κ1) is 16.0. The van der Waals surface area contributed by atoms with Gasteiger partial charge < -0.3 is 9.73 Å². The third-order valence-electron chi connectivity index (χ3n) is 3.31. The summed E-state index contributed by atoms with van der Waals surface area (Å²) in [5.74, 6) is 2.11. The zero-order valence-electron chi connectivity index (χ0n) is 12.9. The molecular weight excluding hydrogens is 282 g/mol. The van der Waals surface area contributed by atoms with Crippen molar-refractivity contribution in [2.45, 2.75) is 44.4 Å². The Morgan fingerprint density at radius 3 is 2.67 bits per heavy atom. The molecule has 0 saturated heterocycles. The Hall–Kier alpha value is -1.39. The Morgan fingerprint density at radius 2 is 1.90 bits per heavy atom. The van der Waals surface area contributed by atoms with Crippen LogP contribution in [-0.4, -0.2) is 10.8 Å². The summed E-state index contributed by atoms with van der Waals surface area (Å²) in [6, 6.07) is 9.94. The van der Waals surface area contributed by atoms with Crippen molar-refractivity contribution in [3.8, 4) is 0 Å². The lowest BCUT2D eigenvalue weighted by molar-refractivity contribution is 0.458. The van der Waals surface area contributed by atoms with E-state index in [-0.39, 0.29) is 0 Å². The number of hydrogen-bond donors (Lipinski definition) is 1. The van der Waals surface area contributed by atoms with Crippen LogP contribution < -0.4 is 5.32 Å². The molecule has 0 aliphatic rings. The molecule has 21 heavy (non-hydrogen) atoms. The number of aryl methyl sites for hydroxylation is 2. The second kappa shape index (κ2) is 7.57. The van der Waals surface area contributed by atoms with Crippen molar-refractivity contribution >= 4 is 10.8 Å². The molecule has 1 aromatic carbocycles. The summed E-state index contributed by atoms with van der Waals surface area (Å²) in [5, 5.41) is 3.30. The molecule has 1 atom stereocenters. The van der Waals surface area contributed by atoms with Gasteiger partial charge in [0.05, 0.1) is 23.1 Å². The molecule has 0 aliphatic heterocycles. The van der Waals surface area contributed by atoms with Gasteiger partial charge in [-0.15, -0.1) is 0 Å². The smallest absolute Gasteiger partial charge is 0.118 e. The monoisotopic (exact) mass is 305 g/mol. The first-order valence-corrected chi connectivity index (χ1v) is 8.66. The van der Waals surface area contributed by atoms with E-state index in [4.69, 9.17) is 4.42 Å². The van der Waals surface area contributed by atoms with Crippen LogP contribution in [0.3, 0.4) is 0 Å². The standard InChI is InChI=1S/C17H23NO2S/c1-4-9-18-11-15-7-8-16(20-15)12-21(19)17-10-13(2)5-6-14(17)3/h5-8,10,18H,4,9,11-12H2,1-3H3. The molecule has 1 heterocycles. The van der Waals surface area contributed by atoms with E-state index in [0.29, 0.717) is 5.75 Å². The first-order chi connectivity index (χ1) is 10.1. The highest BCUT2D eigenvalue weighted by Gasteiger charge is 2.11. The highest BCUT2D eigenvalue weighted by Crippen LogP contribution is 2.19. The molecule has 1 unspecified atom stereocenters. The van der Waals surface area contributed by atoms with Crippen LogP contribution in [0.2, 0.25) is 0 Å². The van der Waals surface area contributed by atoms with Crippen LogP contribution in [0.5, 0.6) is 0 Å². The lowest BCUT2D eigenvalue weighted by Gasteiger charge is -2.06. The van der Waals surface area contributed by atoms with Gasteiger partial charge in [-0.25, -0.2) is 0 Å². The maximum absolute atomic E-state index is 12.5. The Labute approximate surface area is 129 Å². The second-order valence-electron chi connectivity index (χ2n) is 5.30. The van der Waals surface area contributed by atoms with Crippen molar-refractivity contribution in [2.75, 3.05) is 6.54 Å². The molecule has 0 radical (unpaired) electrons. The molecule has 0 spiro atoms. The van der Waals surface area contributed by atoms with Crippen molar-refractivity contribution in [1.82, 2.24) is 5.32 Å². The minimum atomic E-state index is -1.06. The van der Waals surface area contributed by atoms with Gasteiger partial charge in [0.2, 0.25) is 0 Å². The maximum atomic E-state index is 12.5. The molecule has 0 aliphatic carbocycles. The molecule has 0 amide bonds. The van der Waals surface area contributed by atoms with Crippen molar-refractivity contribution < 1.29 is 8.63 Å². The molecule has 1 N–H and O–H groups in total. The van der Waals surface area contributed by atoms with E-state index < -0.39 is 10.8 Å². The molecule has 4 heteroatoms. The first-order valence-electron chi connectivity index (χ1n) is 7.34. The third-order valence-corrected chi connectivity index (χ3v) is 4.78. The summed E-state index contributed by atoms with van der Waals surface area (Å²) in [7, 11) is -1.06. The number of hydrogen-bond acceptors (Lipinski definition) is 3. The third kappa shape index (κ3) is 4.55. The van der Waals surface area contributed by atoms with Crippen LogP contribution in [0, 0.1) is 13.8 Å². The van der Waals surface area contributed by atoms with Gasteiger partial charge >= 0.3 is 0 Å². The number of furan rings is 1. The lowest BCUT2D eigenvalue weighted by Crippen LogP contribution is -2.13. The predicted molar refractivity (Wildman–Crippen MR) is 86.7 cm³/mol. The van der Waals surface area contributed by atoms with Crippen LogP contribution in [0.1, 0.15) is 36.0 Å². The summed E-state index contributed by atoms with van der Waals surface area (Å²) in [5.41, 5.74) is 2.20. The topological polar surface area (TPSA) is 42.2 Å². The number of rotatable bonds is 7. The maximum Gasteiger partial charge on any atom is 0.118 e. The Balaban J connectivity index is 2.01. The molecule has 114 valence electrons. The fourth-order valence-corrected chi connectivity index (χ4v) is 3.46. The van der Waals surface area contributed by atoms with Gasteiger partial charge in [0.15, 0.2) is 0 Å². The minimum absolute atomic E-state index is 0.429. The van der Waals surface area contributed by atoms with Crippen LogP contribution in [-0.2, 0) is 23.1 Å². The van der Waals surface area contributed by atoms with Gasteiger partial charge in [0, 0.05) is 4.90 Å². The van der Waals surface area contributed by atoms with E-state index in [2.05, 4.69) is 12.2 Å². The second-order valence-corrected chi connectivity index (χ2v) is 6.72. The molecule has 2 rings (SSSR count). The van der Waals surface area contributed by atoms with Crippen molar-refractivity contribution in [1.29, 1.82) is 0 Å². The zero-order valence-corrected chi connectivity index (χ0v) is 13.8. The Kier molecular flexibility index (Phi) is 5.76. The van der Waals surface area contributed by atoms with E-state index in [9.17, 15) is 4.21 Å². The van der Waals surface area contributed by atoms with E-state index >= 15 is 0 Å². The Bertz CT molecular complexity index is 619. The SMILES string of the molecule is CCCNCc1ccc(CS(=O)c2cc(C)ccc2C)o1. The fourth-order valence-electron chi connectivity index (χ4n) is 2.14. The highest BCUT2D eigenvalue weighted by molar-refractivity contribution is 7.84. The average Bonchev–Trinajstić information content (AvgIpc) is 2.89. The highest BCUT2D eigenvalue weighted by atomic mass is 32.2. The van der Waals surface area contributed by atoms with Crippen LogP contribution in [0.15, 0.2) is 39.6 Å². The Morgan fingerprint density at radius 1 is 1.14 bits per heavy atom. The quantitative estimate of drug-likeness (QED) is 0.793. The van der Waals surface area contributed by atoms with Crippen molar-refractivity contribution in [3.63, 3.8) is 0 Å². The summed E-state index contributed by atoms with van der Waals surface area (Å²) >= 11 is 0. The van der Waals surface area contributed by atoms with Crippen molar-refractivity contribution in [3.05, 3.63) is 53.0 Å². The molecule has 0 saturated carbocycles. The van der Waals surface area contributed by atoms with E-state index in [1.54, 1.807) is 0 Å². The van der Waals surface area contributed by atoms with E-state index in [1.165, 1.54) is 0 Å². The number of nitrogens with one attached hydrogen (secondary N) is 1. The molecular formula is C17H23NO2S. The fraction of sp³-hybridized carbons (Fsp3) is 0.412. The van der Waals surface area contributed by atoms with Gasteiger partial charge in [0.25, 0.3) is 0 Å². The zero-order chi connectivity index (χ0) is 15.2. The minimum Gasteiger partial charge on any atom is -0.464 e. The molecule has 3 nitrogen and oxygen atoms in total. The summed E-state index contributed by atoms with van der Waals surface area (Å²) in [4.78, 5) is 0.900. The van der Waals surface area contributed by atoms with Gasteiger partial charge in [0.1, 0.15) is 11.5 Å². The largest absolute Gasteiger partial charge is 0.464 e. The van der Waals surface area contributed by atoms with Crippen LogP contribution in [0.25, 0.3) is 0 Å². The number of benzene rings is 1. The molecule has 0 fully saturated rings. The predicted octanol–water partition coefficient (Wildman–Crippen LogP) is 3.70. The summed E-state index contributed by atoms with van der Waals surface area (Å²) in [6.45, 7) is 7.85. The van der Waals surface area contributed by atoms with E-state index in [0.717, 1.165) is 47.1 Å². The average molecular weight is 305 g/mol. The van der Waals surface area contributed by atoms with Crippen LogP contribution >= 0.6 is 0 Å². The molecule has 1 aromatic heterocycles. The molecule has 2 aromatic rings. The van der Waals surface area contributed by atoms with E-state index in [1.807, 2.05) is 44.2 Å².